The first kappa shape index (κ1) is 15.6. The second kappa shape index (κ2) is 6.89. The third-order valence-electron chi connectivity index (χ3n) is 5.18. The van der Waals surface area contributed by atoms with Gasteiger partial charge >= 0.3 is 0 Å². The molecule has 2 aliphatic rings. The first-order valence-electron chi connectivity index (χ1n) is 8.29. The summed E-state index contributed by atoms with van der Waals surface area (Å²) >= 11 is 12.7. The fourth-order valence-electron chi connectivity index (χ4n) is 3.68. The van der Waals surface area contributed by atoms with Crippen molar-refractivity contribution in [2.75, 3.05) is 6.54 Å². The van der Waals surface area contributed by atoms with Crippen molar-refractivity contribution in [2.24, 2.45) is 17.8 Å². The smallest absolute Gasteiger partial charge is 0.0452 e. The van der Waals surface area contributed by atoms with Crippen molar-refractivity contribution in [2.45, 2.75) is 51.5 Å². The van der Waals surface area contributed by atoms with Gasteiger partial charge in [0.25, 0.3) is 0 Å². The second-order valence-electron chi connectivity index (χ2n) is 7.03. The normalized spacial score (nSPS) is 29.6. The molecule has 3 atom stereocenters. The molecule has 0 heterocycles. The van der Waals surface area contributed by atoms with Crippen molar-refractivity contribution >= 4 is 23.2 Å². The van der Waals surface area contributed by atoms with Crippen LogP contribution in [0.2, 0.25) is 10.0 Å². The van der Waals surface area contributed by atoms with Gasteiger partial charge in [-0.1, -0.05) is 42.6 Å². The van der Waals surface area contributed by atoms with Crippen LogP contribution in [0.5, 0.6) is 0 Å². The van der Waals surface area contributed by atoms with Crippen LogP contribution in [0.15, 0.2) is 18.2 Å². The summed E-state index contributed by atoms with van der Waals surface area (Å²) in [5.41, 5.74) is 1.15. The summed E-state index contributed by atoms with van der Waals surface area (Å²) in [6, 6.07) is 6.66. The molecule has 3 heteroatoms. The second-order valence-corrected chi connectivity index (χ2v) is 7.84. The summed E-state index contributed by atoms with van der Waals surface area (Å²) in [5.74, 6) is 2.31. The SMILES string of the molecule is CC1CCC(CNC2CC2)C(Cc2c(Cl)cccc2Cl)C1. The third-order valence-corrected chi connectivity index (χ3v) is 5.88. The molecule has 1 nitrogen and oxygen atoms in total. The minimum absolute atomic E-state index is 0.706. The van der Waals surface area contributed by atoms with Crippen LogP contribution >= 0.6 is 23.2 Å². The molecule has 3 unspecified atom stereocenters. The van der Waals surface area contributed by atoms with Crippen LogP contribution in [-0.4, -0.2) is 12.6 Å². The predicted molar refractivity (Wildman–Crippen MR) is 91.2 cm³/mol. The fourth-order valence-corrected chi connectivity index (χ4v) is 4.23. The maximum absolute atomic E-state index is 6.37. The summed E-state index contributed by atoms with van der Waals surface area (Å²) in [6.07, 6.45) is 7.77. The molecule has 116 valence electrons. The van der Waals surface area contributed by atoms with Crippen LogP contribution in [0.4, 0.5) is 0 Å². The minimum atomic E-state index is 0.706. The highest BCUT2D eigenvalue weighted by molar-refractivity contribution is 6.35. The van der Waals surface area contributed by atoms with E-state index >= 15 is 0 Å². The lowest BCUT2D eigenvalue weighted by Gasteiger charge is -2.35. The highest BCUT2D eigenvalue weighted by atomic mass is 35.5. The standard InChI is InChI=1S/C18H25Cl2N/c1-12-5-6-13(11-21-15-7-8-15)14(9-12)10-16-17(19)3-2-4-18(16)20/h2-4,12-15,21H,5-11H2,1H3. The quantitative estimate of drug-likeness (QED) is 0.770. The Morgan fingerprint density at radius 3 is 2.43 bits per heavy atom. The summed E-state index contributed by atoms with van der Waals surface area (Å²) in [6.45, 7) is 3.55. The van der Waals surface area contributed by atoms with Crippen molar-refractivity contribution < 1.29 is 0 Å². The average Bonchev–Trinajstić information content (AvgIpc) is 3.26. The molecule has 2 aliphatic carbocycles. The molecule has 1 aromatic carbocycles. The molecule has 0 aliphatic heterocycles. The highest BCUT2D eigenvalue weighted by Gasteiger charge is 2.31. The van der Waals surface area contributed by atoms with Gasteiger partial charge in [0.15, 0.2) is 0 Å². The topological polar surface area (TPSA) is 12.0 Å². The number of hydrogen-bond acceptors (Lipinski definition) is 1. The van der Waals surface area contributed by atoms with Crippen molar-refractivity contribution in [1.29, 1.82) is 0 Å². The van der Waals surface area contributed by atoms with Gasteiger partial charge in [-0.25, -0.2) is 0 Å². The van der Waals surface area contributed by atoms with Gasteiger partial charge in [-0.2, -0.15) is 0 Å². The van der Waals surface area contributed by atoms with E-state index < -0.39 is 0 Å². The monoisotopic (exact) mass is 325 g/mol. The van der Waals surface area contributed by atoms with E-state index in [1.165, 1.54) is 38.6 Å². The molecule has 0 spiro atoms. The van der Waals surface area contributed by atoms with Gasteiger partial charge in [-0.05, 0) is 74.1 Å². The molecule has 1 aromatic rings. The van der Waals surface area contributed by atoms with Crippen molar-refractivity contribution in [1.82, 2.24) is 5.32 Å². The average molecular weight is 326 g/mol. The molecule has 2 saturated carbocycles. The fraction of sp³-hybridized carbons (Fsp3) is 0.667. The molecule has 0 saturated heterocycles. The number of benzene rings is 1. The van der Waals surface area contributed by atoms with Crippen LogP contribution < -0.4 is 5.32 Å². The van der Waals surface area contributed by atoms with Gasteiger partial charge < -0.3 is 5.32 Å². The zero-order chi connectivity index (χ0) is 14.8. The maximum atomic E-state index is 6.37. The van der Waals surface area contributed by atoms with Crippen molar-refractivity contribution in [3.63, 3.8) is 0 Å². The molecular formula is C18H25Cl2N. The van der Waals surface area contributed by atoms with Gasteiger partial charge in [0.2, 0.25) is 0 Å². The van der Waals surface area contributed by atoms with Gasteiger partial charge in [0, 0.05) is 16.1 Å². The molecule has 3 rings (SSSR count). The molecule has 0 radical (unpaired) electrons. The predicted octanol–water partition coefficient (Wildman–Crippen LogP) is 5.34. The molecule has 0 aromatic heterocycles. The van der Waals surface area contributed by atoms with Crippen LogP contribution in [0.25, 0.3) is 0 Å². The Kier molecular flexibility index (Phi) is 5.14. The summed E-state index contributed by atoms with van der Waals surface area (Å²) in [4.78, 5) is 0. The van der Waals surface area contributed by atoms with Gasteiger partial charge in [-0.3, -0.25) is 0 Å². The van der Waals surface area contributed by atoms with Gasteiger partial charge in [-0.15, -0.1) is 0 Å². The Hall–Kier alpha value is -0.240. The van der Waals surface area contributed by atoms with Crippen LogP contribution in [0.1, 0.15) is 44.6 Å². The lowest BCUT2D eigenvalue weighted by atomic mass is 9.72. The summed E-state index contributed by atoms with van der Waals surface area (Å²) in [7, 11) is 0. The lowest BCUT2D eigenvalue weighted by Crippen LogP contribution is -2.34. The molecule has 21 heavy (non-hydrogen) atoms. The number of rotatable bonds is 5. The van der Waals surface area contributed by atoms with E-state index in [0.29, 0.717) is 5.92 Å². The van der Waals surface area contributed by atoms with Gasteiger partial charge in [0.05, 0.1) is 0 Å². The number of hydrogen-bond donors (Lipinski definition) is 1. The lowest BCUT2D eigenvalue weighted by molar-refractivity contribution is 0.183. The Morgan fingerprint density at radius 1 is 1.05 bits per heavy atom. The van der Waals surface area contributed by atoms with E-state index in [9.17, 15) is 0 Å². The zero-order valence-electron chi connectivity index (χ0n) is 12.7. The minimum Gasteiger partial charge on any atom is -0.314 e. The van der Waals surface area contributed by atoms with E-state index in [0.717, 1.165) is 39.9 Å². The Balaban J connectivity index is 1.69. The summed E-state index contributed by atoms with van der Waals surface area (Å²) in [5, 5.41) is 5.38. The van der Waals surface area contributed by atoms with Crippen LogP contribution in [0.3, 0.4) is 0 Å². The van der Waals surface area contributed by atoms with E-state index in [2.05, 4.69) is 12.2 Å². The highest BCUT2D eigenvalue weighted by Crippen LogP contribution is 2.38. The van der Waals surface area contributed by atoms with Crippen LogP contribution in [0, 0.1) is 17.8 Å². The largest absolute Gasteiger partial charge is 0.314 e. The van der Waals surface area contributed by atoms with E-state index in [1.807, 2.05) is 18.2 Å². The third kappa shape index (κ3) is 4.15. The van der Waals surface area contributed by atoms with Crippen molar-refractivity contribution in [3.8, 4) is 0 Å². The molecule has 1 N–H and O–H groups in total. The first-order valence-corrected chi connectivity index (χ1v) is 9.05. The molecule has 2 fully saturated rings. The molecule has 0 bridgehead atoms. The van der Waals surface area contributed by atoms with Gasteiger partial charge in [0.1, 0.15) is 0 Å². The maximum Gasteiger partial charge on any atom is 0.0452 e. The Morgan fingerprint density at radius 2 is 1.76 bits per heavy atom. The molecule has 0 amide bonds. The van der Waals surface area contributed by atoms with Crippen molar-refractivity contribution in [3.05, 3.63) is 33.8 Å². The molecular weight excluding hydrogens is 301 g/mol. The van der Waals surface area contributed by atoms with Crippen LogP contribution in [-0.2, 0) is 6.42 Å². The van der Waals surface area contributed by atoms with E-state index in [-0.39, 0.29) is 0 Å². The number of halogens is 2. The van der Waals surface area contributed by atoms with E-state index in [1.54, 1.807) is 0 Å². The Labute approximate surface area is 138 Å². The van der Waals surface area contributed by atoms with E-state index in [4.69, 9.17) is 23.2 Å². The zero-order valence-corrected chi connectivity index (χ0v) is 14.3. The summed E-state index contributed by atoms with van der Waals surface area (Å²) < 4.78 is 0. The first-order chi connectivity index (χ1) is 10.1. The number of nitrogens with one attached hydrogen (secondary N) is 1. The Bertz CT molecular complexity index is 464.